The van der Waals surface area contributed by atoms with Crippen LogP contribution in [0.2, 0.25) is 0 Å². The van der Waals surface area contributed by atoms with E-state index >= 15 is 0 Å². The summed E-state index contributed by atoms with van der Waals surface area (Å²) in [6.07, 6.45) is -1.38. The second-order valence-electron chi connectivity index (χ2n) is 1.46. The Morgan fingerprint density at radius 2 is 2.50 bits per heavy atom. The highest BCUT2D eigenvalue weighted by Gasteiger charge is 2.17. The third-order valence-electron chi connectivity index (χ3n) is 0.817. The van der Waals surface area contributed by atoms with Crippen molar-refractivity contribution in [1.82, 2.24) is 0 Å². The number of hydrogen-bond acceptors (Lipinski definition) is 4. The molecule has 0 saturated carbocycles. The van der Waals surface area contributed by atoms with E-state index in [1.807, 2.05) is 0 Å². The Balaban J connectivity index is 2.34. The SMILES string of the molecule is O=C1OCCC(O)O1. The van der Waals surface area contributed by atoms with Gasteiger partial charge < -0.3 is 14.6 Å². The maximum Gasteiger partial charge on any atom is 0.510 e. The van der Waals surface area contributed by atoms with Crippen LogP contribution < -0.4 is 0 Å². The summed E-state index contributed by atoms with van der Waals surface area (Å²) >= 11 is 0. The molecule has 0 bridgehead atoms. The number of hydrogen-bond donors (Lipinski definition) is 1. The fourth-order valence-electron chi connectivity index (χ4n) is 0.447. The van der Waals surface area contributed by atoms with Crippen molar-refractivity contribution in [2.45, 2.75) is 12.7 Å². The Morgan fingerprint density at radius 1 is 1.75 bits per heavy atom. The van der Waals surface area contributed by atoms with E-state index < -0.39 is 12.4 Å². The lowest BCUT2D eigenvalue weighted by atomic mass is 10.4. The van der Waals surface area contributed by atoms with Gasteiger partial charge in [0.15, 0.2) is 0 Å². The molecule has 8 heavy (non-hydrogen) atoms. The monoisotopic (exact) mass is 118 g/mol. The standard InChI is InChI=1S/C4H6O4/c5-3-1-2-7-4(6)8-3/h3,5H,1-2H2. The topological polar surface area (TPSA) is 55.8 Å². The van der Waals surface area contributed by atoms with Crippen molar-refractivity contribution in [3.63, 3.8) is 0 Å². The van der Waals surface area contributed by atoms with Crippen LogP contribution in [-0.2, 0) is 9.47 Å². The van der Waals surface area contributed by atoms with Crippen LogP contribution in [0.4, 0.5) is 4.79 Å². The molecule has 0 aliphatic carbocycles. The van der Waals surface area contributed by atoms with E-state index in [0.29, 0.717) is 6.42 Å². The minimum absolute atomic E-state index is 0.250. The van der Waals surface area contributed by atoms with Crippen LogP contribution in [0.25, 0.3) is 0 Å². The third kappa shape index (κ3) is 1.10. The van der Waals surface area contributed by atoms with Gasteiger partial charge in [0.2, 0.25) is 6.29 Å². The van der Waals surface area contributed by atoms with Gasteiger partial charge in [-0.3, -0.25) is 0 Å². The van der Waals surface area contributed by atoms with Crippen molar-refractivity contribution in [3.05, 3.63) is 0 Å². The van der Waals surface area contributed by atoms with E-state index in [9.17, 15) is 4.79 Å². The number of carbonyl (C=O) groups is 1. The molecule has 0 aromatic rings. The molecule has 0 radical (unpaired) electrons. The summed E-state index contributed by atoms with van der Waals surface area (Å²) in [7, 11) is 0. The van der Waals surface area contributed by atoms with Crippen molar-refractivity contribution >= 4 is 6.16 Å². The van der Waals surface area contributed by atoms with Crippen LogP contribution >= 0.6 is 0 Å². The fraction of sp³-hybridized carbons (Fsp3) is 0.750. The second-order valence-corrected chi connectivity index (χ2v) is 1.46. The van der Waals surface area contributed by atoms with Gasteiger partial charge in [0.1, 0.15) is 6.61 Å². The zero-order valence-electron chi connectivity index (χ0n) is 4.16. The maximum atomic E-state index is 10.1. The highest BCUT2D eigenvalue weighted by atomic mass is 16.8. The third-order valence-corrected chi connectivity index (χ3v) is 0.817. The first-order valence-electron chi connectivity index (χ1n) is 2.30. The quantitative estimate of drug-likeness (QED) is 0.450. The molecular formula is C4H6O4. The second kappa shape index (κ2) is 2.00. The lowest BCUT2D eigenvalue weighted by Crippen LogP contribution is -2.26. The summed E-state index contributed by atoms with van der Waals surface area (Å²) in [6, 6.07) is 0. The van der Waals surface area contributed by atoms with Crippen LogP contribution in [0.5, 0.6) is 0 Å². The molecule has 0 aromatic carbocycles. The Labute approximate surface area is 46.0 Å². The molecule has 1 rings (SSSR count). The molecule has 4 heteroatoms. The van der Waals surface area contributed by atoms with Crippen LogP contribution in [0.15, 0.2) is 0 Å². The number of ether oxygens (including phenoxy) is 2. The molecule has 46 valence electrons. The van der Waals surface area contributed by atoms with Gasteiger partial charge in [-0.2, -0.15) is 0 Å². The molecule has 1 unspecified atom stereocenters. The number of cyclic esters (lactones) is 2. The van der Waals surface area contributed by atoms with Gasteiger partial charge in [-0.15, -0.1) is 0 Å². The van der Waals surface area contributed by atoms with E-state index in [1.165, 1.54) is 0 Å². The Bertz CT molecular complexity index is 100. The van der Waals surface area contributed by atoms with Gasteiger partial charge in [-0.1, -0.05) is 0 Å². The Kier molecular flexibility index (Phi) is 1.34. The van der Waals surface area contributed by atoms with E-state index in [1.54, 1.807) is 0 Å². The molecule has 1 heterocycles. The van der Waals surface area contributed by atoms with E-state index in [4.69, 9.17) is 5.11 Å². The molecular weight excluding hydrogens is 112 g/mol. The van der Waals surface area contributed by atoms with Gasteiger partial charge in [0, 0.05) is 6.42 Å². The zero-order chi connectivity index (χ0) is 5.98. The molecule has 1 atom stereocenters. The number of aliphatic hydroxyl groups is 1. The molecule has 4 nitrogen and oxygen atoms in total. The summed E-state index contributed by atoms with van der Waals surface area (Å²) < 4.78 is 8.51. The van der Waals surface area contributed by atoms with Crippen molar-refractivity contribution < 1.29 is 19.4 Å². The summed E-state index contributed by atoms with van der Waals surface area (Å²) in [5.41, 5.74) is 0. The first kappa shape index (κ1) is 5.37. The van der Waals surface area contributed by atoms with E-state index in [2.05, 4.69) is 9.47 Å². The highest BCUT2D eigenvalue weighted by Crippen LogP contribution is 2.03. The molecule has 1 N–H and O–H groups in total. The van der Waals surface area contributed by atoms with Gasteiger partial charge in [0.25, 0.3) is 0 Å². The van der Waals surface area contributed by atoms with E-state index in [0.717, 1.165) is 0 Å². The van der Waals surface area contributed by atoms with Crippen LogP contribution in [0, 0.1) is 0 Å². The minimum atomic E-state index is -0.962. The predicted octanol–water partition coefficient (Wildman–Crippen LogP) is -0.138. The lowest BCUT2D eigenvalue weighted by Gasteiger charge is -2.16. The van der Waals surface area contributed by atoms with Gasteiger partial charge in [-0.05, 0) is 0 Å². The molecule has 1 aliphatic heterocycles. The molecule has 1 saturated heterocycles. The van der Waals surface area contributed by atoms with Gasteiger partial charge >= 0.3 is 6.16 Å². The zero-order valence-corrected chi connectivity index (χ0v) is 4.16. The van der Waals surface area contributed by atoms with Crippen LogP contribution in [0.3, 0.4) is 0 Å². The van der Waals surface area contributed by atoms with Gasteiger partial charge in [0.05, 0.1) is 0 Å². The van der Waals surface area contributed by atoms with Crippen molar-refractivity contribution in [2.24, 2.45) is 0 Å². The first-order chi connectivity index (χ1) is 3.79. The summed E-state index contributed by atoms with van der Waals surface area (Å²) in [4.78, 5) is 10.1. The predicted molar refractivity (Wildman–Crippen MR) is 23.1 cm³/mol. The molecule has 0 amide bonds. The molecule has 0 spiro atoms. The smallest absolute Gasteiger partial charge is 0.434 e. The van der Waals surface area contributed by atoms with Crippen molar-refractivity contribution in [3.8, 4) is 0 Å². The van der Waals surface area contributed by atoms with Gasteiger partial charge in [-0.25, -0.2) is 4.79 Å². The Hall–Kier alpha value is -0.770. The van der Waals surface area contributed by atoms with Crippen molar-refractivity contribution in [2.75, 3.05) is 6.61 Å². The highest BCUT2D eigenvalue weighted by molar-refractivity contribution is 5.60. The average Bonchev–Trinajstić information content (AvgIpc) is 1.64. The van der Waals surface area contributed by atoms with Crippen LogP contribution in [0.1, 0.15) is 6.42 Å². The maximum absolute atomic E-state index is 10.1. The summed E-state index contributed by atoms with van der Waals surface area (Å²) in [6.45, 7) is 0.250. The molecule has 1 aliphatic rings. The first-order valence-corrected chi connectivity index (χ1v) is 2.30. The fourth-order valence-corrected chi connectivity index (χ4v) is 0.447. The average molecular weight is 118 g/mol. The van der Waals surface area contributed by atoms with E-state index in [-0.39, 0.29) is 6.61 Å². The Morgan fingerprint density at radius 3 is 2.88 bits per heavy atom. The number of aliphatic hydroxyl groups excluding tert-OH is 1. The number of rotatable bonds is 0. The normalized spacial score (nSPS) is 28.6. The summed E-state index contributed by atoms with van der Waals surface area (Å²) in [5, 5.41) is 8.56. The molecule has 0 aromatic heterocycles. The largest absolute Gasteiger partial charge is 0.510 e. The molecule has 1 fully saturated rings. The lowest BCUT2D eigenvalue weighted by molar-refractivity contribution is -0.120. The van der Waals surface area contributed by atoms with Crippen molar-refractivity contribution in [1.29, 1.82) is 0 Å². The van der Waals surface area contributed by atoms with Crippen LogP contribution in [-0.4, -0.2) is 24.2 Å². The number of carbonyl (C=O) groups excluding carboxylic acids is 1. The minimum Gasteiger partial charge on any atom is -0.434 e. The summed E-state index contributed by atoms with van der Waals surface area (Å²) in [5.74, 6) is 0.